The molecule has 0 radical (unpaired) electrons. The van der Waals surface area contributed by atoms with E-state index in [1.165, 1.54) is 6.20 Å². The summed E-state index contributed by atoms with van der Waals surface area (Å²) in [6.07, 6.45) is 1.51. The molecule has 1 aromatic heterocycles. The number of hydrogen-bond donors (Lipinski definition) is 0. The van der Waals surface area contributed by atoms with E-state index in [2.05, 4.69) is 16.0 Å². The van der Waals surface area contributed by atoms with Gasteiger partial charge in [-0.3, -0.25) is 0 Å². The Bertz CT molecular complexity index is 331. The van der Waals surface area contributed by atoms with Crippen molar-refractivity contribution in [2.45, 2.75) is 52.7 Å². The van der Waals surface area contributed by atoms with E-state index in [1.807, 2.05) is 41.5 Å². The molecule has 0 aliphatic rings. The molecule has 18 heavy (non-hydrogen) atoms. The van der Waals surface area contributed by atoms with Crippen molar-refractivity contribution in [1.82, 2.24) is 9.97 Å². The zero-order valence-corrected chi connectivity index (χ0v) is 14.0. The van der Waals surface area contributed by atoms with Crippen molar-refractivity contribution >= 4 is 23.1 Å². The van der Waals surface area contributed by atoms with Crippen LogP contribution in [0.4, 0.5) is 0 Å². The van der Waals surface area contributed by atoms with E-state index >= 15 is 0 Å². The maximum absolute atomic E-state index is 5.57. The third-order valence-electron chi connectivity index (χ3n) is 1.36. The summed E-state index contributed by atoms with van der Waals surface area (Å²) in [5.41, 5.74) is -0.621. The van der Waals surface area contributed by atoms with E-state index in [0.29, 0.717) is 11.9 Å². The summed E-state index contributed by atoms with van der Waals surface area (Å²) in [6.45, 7) is 11.7. The van der Waals surface area contributed by atoms with Crippen molar-refractivity contribution in [3.05, 3.63) is 12.3 Å². The first kappa shape index (κ1) is 20.1. The van der Waals surface area contributed by atoms with Crippen LogP contribution in [-0.2, 0) is 0 Å². The van der Waals surface area contributed by atoms with Crippen molar-refractivity contribution in [3.8, 4) is 11.9 Å². The van der Waals surface area contributed by atoms with Gasteiger partial charge >= 0.3 is 29.1 Å². The maximum atomic E-state index is 5.57. The molecule has 6 heteroatoms. The normalized spacial score (nSPS) is 11.0. The fraction of sp³-hybridized carbons (Fsp3) is 0.667. The van der Waals surface area contributed by atoms with Gasteiger partial charge in [0, 0.05) is 5.88 Å². The van der Waals surface area contributed by atoms with Gasteiger partial charge in [-0.2, -0.15) is 4.98 Å². The molecule has 1 heterocycles. The number of hydrogen-bond acceptors (Lipinski definition) is 4. The summed E-state index contributed by atoms with van der Waals surface area (Å²) >= 11 is 0. The third-order valence-corrected chi connectivity index (χ3v) is 1.36. The minimum Gasteiger partial charge on any atom is -1.00 e. The van der Waals surface area contributed by atoms with Crippen LogP contribution < -0.4 is 21.9 Å². The summed E-state index contributed by atoms with van der Waals surface area (Å²) in [6, 6.07) is 3.14. The molecule has 1 aromatic rings. The molecule has 0 atom stereocenters. The summed E-state index contributed by atoms with van der Waals surface area (Å²) in [4.78, 5) is 8.12. The van der Waals surface area contributed by atoms with Crippen LogP contribution in [0.5, 0.6) is 11.9 Å². The minimum atomic E-state index is -0.319. The third kappa shape index (κ3) is 8.77. The van der Waals surface area contributed by atoms with Crippen LogP contribution in [0.2, 0.25) is 0 Å². The molecule has 0 aliphatic carbocycles. The molecule has 0 fully saturated rings. The summed E-state index contributed by atoms with van der Waals surface area (Å²) in [5, 5.41) is 0. The first-order valence-corrected chi connectivity index (χ1v) is 5.28. The van der Waals surface area contributed by atoms with E-state index in [4.69, 9.17) is 9.47 Å². The molecule has 0 unspecified atom stereocenters. The van der Waals surface area contributed by atoms with Gasteiger partial charge in [0.2, 0.25) is 0 Å². The molecular weight excluding hydrogens is 264 g/mol. The van der Waals surface area contributed by atoms with Gasteiger partial charge in [-0.15, -0.1) is 6.20 Å². The van der Waals surface area contributed by atoms with Crippen LogP contribution in [-0.4, -0.2) is 44.2 Å². The summed E-state index contributed by atoms with van der Waals surface area (Å²) in [7, 11) is 0. The Hall–Kier alpha value is -0.264. The molecule has 98 valence electrons. The minimum absolute atomic E-state index is 0. The second kappa shape index (κ2) is 7.36. The van der Waals surface area contributed by atoms with Gasteiger partial charge in [-0.1, -0.05) is 0 Å². The Morgan fingerprint density at radius 1 is 1.00 bits per heavy atom. The maximum Gasteiger partial charge on any atom is 2.00 e. The van der Waals surface area contributed by atoms with Crippen LogP contribution in [0.3, 0.4) is 0 Å². The van der Waals surface area contributed by atoms with Crippen molar-refractivity contribution in [2.75, 3.05) is 0 Å². The van der Waals surface area contributed by atoms with Gasteiger partial charge in [-0.25, -0.2) is 4.98 Å². The summed E-state index contributed by atoms with van der Waals surface area (Å²) < 4.78 is 11.1. The van der Waals surface area contributed by atoms with Crippen LogP contribution in [0.15, 0.2) is 6.20 Å². The molecular formula is C12H19ClMgN2O2. The quantitative estimate of drug-likeness (QED) is 0.529. The van der Waals surface area contributed by atoms with Crippen LogP contribution in [0, 0.1) is 6.07 Å². The first-order chi connectivity index (χ1) is 7.16. The van der Waals surface area contributed by atoms with Crippen LogP contribution >= 0.6 is 0 Å². The number of rotatable bonds is 2. The molecule has 0 aliphatic heterocycles. The van der Waals surface area contributed by atoms with Gasteiger partial charge in [0.1, 0.15) is 5.60 Å². The SMILES string of the molecule is CC(C)(C)Oc1[c-]cnc(OC(C)(C)C)n1.[Cl-].[Mg+2]. The average Bonchev–Trinajstić information content (AvgIpc) is 1.96. The predicted octanol–water partition coefficient (Wildman–Crippen LogP) is -0.745. The zero-order chi connectivity index (χ0) is 12.4. The first-order valence-electron chi connectivity index (χ1n) is 5.28. The Balaban J connectivity index is 0. The number of nitrogens with zero attached hydrogens (tertiary/aromatic N) is 2. The van der Waals surface area contributed by atoms with Gasteiger partial charge in [0.25, 0.3) is 0 Å². The molecule has 0 saturated heterocycles. The van der Waals surface area contributed by atoms with E-state index in [9.17, 15) is 0 Å². The van der Waals surface area contributed by atoms with E-state index < -0.39 is 0 Å². The van der Waals surface area contributed by atoms with Gasteiger partial charge in [0.15, 0.2) is 0 Å². The number of ether oxygens (including phenoxy) is 2. The number of aromatic nitrogens is 2. The Morgan fingerprint density at radius 2 is 1.50 bits per heavy atom. The molecule has 0 aromatic carbocycles. The second-order valence-electron chi connectivity index (χ2n) is 5.53. The predicted molar refractivity (Wildman–Crippen MR) is 67.4 cm³/mol. The van der Waals surface area contributed by atoms with Gasteiger partial charge in [0.05, 0.1) is 5.60 Å². The molecule has 0 bridgehead atoms. The largest absolute Gasteiger partial charge is 2.00 e. The Morgan fingerprint density at radius 3 is 1.94 bits per heavy atom. The molecule has 0 amide bonds. The van der Waals surface area contributed by atoms with E-state index in [1.54, 1.807) is 0 Å². The standard InChI is InChI=1S/C12H19N2O2.ClH.Mg/c1-11(2,3)15-9-7-8-13-10(14-9)16-12(4,5)6;;/h8H,1-6H3;1H;/q-1;;+2/p-1. The molecule has 0 saturated carbocycles. The molecule has 4 nitrogen and oxygen atoms in total. The smallest absolute Gasteiger partial charge is 1.00 e. The van der Waals surface area contributed by atoms with Crippen molar-refractivity contribution in [3.63, 3.8) is 0 Å². The molecule has 1 rings (SSSR count). The average molecular weight is 283 g/mol. The van der Waals surface area contributed by atoms with Gasteiger partial charge in [-0.05, 0) is 41.5 Å². The number of halogens is 1. The van der Waals surface area contributed by atoms with Crippen LogP contribution in [0.25, 0.3) is 0 Å². The fourth-order valence-electron chi connectivity index (χ4n) is 0.956. The van der Waals surface area contributed by atoms with Crippen molar-refractivity contribution in [2.24, 2.45) is 0 Å². The Kier molecular flexibility index (Phi) is 8.20. The fourth-order valence-corrected chi connectivity index (χ4v) is 0.956. The monoisotopic (exact) mass is 282 g/mol. The molecule has 0 N–H and O–H groups in total. The van der Waals surface area contributed by atoms with Crippen LogP contribution in [0.1, 0.15) is 41.5 Å². The topological polar surface area (TPSA) is 44.2 Å². The zero-order valence-electron chi connectivity index (χ0n) is 11.9. The van der Waals surface area contributed by atoms with Crippen molar-refractivity contribution in [1.29, 1.82) is 0 Å². The second-order valence-corrected chi connectivity index (χ2v) is 5.53. The Labute approximate surface area is 131 Å². The summed E-state index contributed by atoms with van der Waals surface area (Å²) in [5.74, 6) is 0.404. The van der Waals surface area contributed by atoms with E-state index in [0.717, 1.165) is 0 Å². The van der Waals surface area contributed by atoms with Crippen molar-refractivity contribution < 1.29 is 21.9 Å². The van der Waals surface area contributed by atoms with Gasteiger partial charge < -0.3 is 27.9 Å². The van der Waals surface area contributed by atoms with E-state index in [-0.39, 0.29) is 46.7 Å². The molecule has 0 spiro atoms.